The van der Waals surface area contributed by atoms with E-state index in [0.29, 0.717) is 65.9 Å². The van der Waals surface area contributed by atoms with E-state index in [1.807, 2.05) is 36.4 Å². The van der Waals surface area contributed by atoms with Gasteiger partial charge in [0.2, 0.25) is 12.7 Å². The summed E-state index contributed by atoms with van der Waals surface area (Å²) >= 11 is 12.4. The van der Waals surface area contributed by atoms with Crippen molar-refractivity contribution < 1.29 is 14.3 Å². The Balaban J connectivity index is 1.21. The van der Waals surface area contributed by atoms with Crippen molar-refractivity contribution in [2.24, 2.45) is 0 Å². The Labute approximate surface area is 234 Å². The zero-order valence-electron chi connectivity index (χ0n) is 20.8. The molecule has 2 aromatic heterocycles. The minimum Gasteiger partial charge on any atom is -0.454 e. The Hall–Kier alpha value is -3.86. The second kappa shape index (κ2) is 11.1. The summed E-state index contributed by atoms with van der Waals surface area (Å²) < 4.78 is 10.9. The second-order valence-electron chi connectivity index (χ2n) is 9.26. The number of aromatic amines is 1. The van der Waals surface area contributed by atoms with Gasteiger partial charge in [-0.2, -0.15) is 0 Å². The molecule has 0 spiro atoms. The summed E-state index contributed by atoms with van der Waals surface area (Å²) in [6.45, 7) is 2.89. The van der Waals surface area contributed by atoms with E-state index in [-0.39, 0.29) is 12.7 Å². The highest BCUT2D eigenvalue weighted by molar-refractivity contribution is 6.42. The number of H-pyrrole nitrogens is 1. The Morgan fingerprint density at radius 1 is 1.00 bits per heavy atom. The molecule has 0 saturated carbocycles. The summed E-state index contributed by atoms with van der Waals surface area (Å²) in [5.41, 5.74) is 1.91. The third kappa shape index (κ3) is 5.63. The Morgan fingerprint density at radius 3 is 2.72 bits per heavy atom. The van der Waals surface area contributed by atoms with Gasteiger partial charge < -0.3 is 24.7 Å². The van der Waals surface area contributed by atoms with Crippen molar-refractivity contribution in [1.29, 1.82) is 0 Å². The molecular formula is C27H25Cl2N7O3. The molecule has 0 bridgehead atoms. The standard InChI is InChI=1S/C27H25Cl2N7O3/c28-19-3-1-18(11-20(19)29)14-35-9-10-36(24-5-6-30-26(34-24)25-31-7-8-32-25)15-21(35)27(37)33-13-17-2-4-22-23(12-17)39-16-38-22/h1-8,11-12,21H,9-10,13-16H2,(H,31,32)(H,33,37). The van der Waals surface area contributed by atoms with E-state index in [2.05, 4.69) is 30.1 Å². The largest absolute Gasteiger partial charge is 0.454 e. The van der Waals surface area contributed by atoms with E-state index in [0.717, 1.165) is 16.9 Å². The summed E-state index contributed by atoms with van der Waals surface area (Å²) in [5.74, 6) is 3.13. The maximum absolute atomic E-state index is 13.6. The molecule has 12 heteroatoms. The molecule has 4 heterocycles. The number of hydrogen-bond donors (Lipinski definition) is 2. The van der Waals surface area contributed by atoms with Gasteiger partial charge in [0, 0.05) is 51.3 Å². The van der Waals surface area contributed by atoms with Gasteiger partial charge in [-0.15, -0.1) is 0 Å². The van der Waals surface area contributed by atoms with Crippen LogP contribution in [0.2, 0.25) is 10.0 Å². The van der Waals surface area contributed by atoms with E-state index in [1.54, 1.807) is 24.7 Å². The van der Waals surface area contributed by atoms with Gasteiger partial charge in [0.25, 0.3) is 0 Å². The smallest absolute Gasteiger partial charge is 0.239 e. The van der Waals surface area contributed by atoms with Crippen LogP contribution < -0.4 is 19.7 Å². The number of anilines is 1. The van der Waals surface area contributed by atoms with Crippen molar-refractivity contribution >= 4 is 34.9 Å². The van der Waals surface area contributed by atoms with Crippen molar-refractivity contribution in [2.75, 3.05) is 31.3 Å². The molecule has 39 heavy (non-hydrogen) atoms. The van der Waals surface area contributed by atoms with Crippen LogP contribution in [-0.2, 0) is 17.9 Å². The summed E-state index contributed by atoms with van der Waals surface area (Å²) in [6.07, 6.45) is 5.10. The monoisotopic (exact) mass is 565 g/mol. The number of nitrogens with zero attached hydrogens (tertiary/aromatic N) is 5. The highest BCUT2D eigenvalue weighted by Crippen LogP contribution is 2.32. The summed E-state index contributed by atoms with van der Waals surface area (Å²) in [7, 11) is 0. The van der Waals surface area contributed by atoms with Crippen LogP contribution in [0.4, 0.5) is 5.82 Å². The van der Waals surface area contributed by atoms with Gasteiger partial charge in [-0.25, -0.2) is 15.0 Å². The molecule has 2 aliphatic rings. The molecule has 2 N–H and O–H groups in total. The number of carbonyl (C=O) groups is 1. The summed E-state index contributed by atoms with van der Waals surface area (Å²) in [4.78, 5) is 34.2. The van der Waals surface area contributed by atoms with Crippen molar-refractivity contribution in [2.45, 2.75) is 19.1 Å². The lowest BCUT2D eigenvalue weighted by molar-refractivity contribution is -0.127. The van der Waals surface area contributed by atoms with Gasteiger partial charge in [-0.05, 0) is 41.5 Å². The Kier molecular flexibility index (Phi) is 7.23. The molecular weight excluding hydrogens is 541 g/mol. The predicted molar refractivity (Wildman–Crippen MR) is 147 cm³/mol. The molecule has 200 valence electrons. The molecule has 0 radical (unpaired) electrons. The van der Waals surface area contributed by atoms with E-state index in [9.17, 15) is 4.79 Å². The van der Waals surface area contributed by atoms with Gasteiger partial charge >= 0.3 is 0 Å². The van der Waals surface area contributed by atoms with Gasteiger partial charge in [0.15, 0.2) is 23.1 Å². The number of rotatable bonds is 7. The number of amides is 1. The zero-order valence-corrected chi connectivity index (χ0v) is 22.3. The maximum atomic E-state index is 13.6. The van der Waals surface area contributed by atoms with Crippen molar-refractivity contribution in [3.63, 3.8) is 0 Å². The van der Waals surface area contributed by atoms with Gasteiger partial charge in [-0.3, -0.25) is 9.69 Å². The predicted octanol–water partition coefficient (Wildman–Crippen LogP) is 3.91. The fraction of sp³-hybridized carbons (Fsp3) is 0.259. The lowest BCUT2D eigenvalue weighted by Crippen LogP contribution is -2.58. The third-order valence-corrected chi connectivity index (χ3v) is 7.48. The first-order valence-electron chi connectivity index (χ1n) is 12.5. The van der Waals surface area contributed by atoms with E-state index < -0.39 is 6.04 Å². The molecule has 2 aromatic carbocycles. The fourth-order valence-corrected chi connectivity index (χ4v) is 5.04. The molecule has 1 unspecified atom stereocenters. The molecule has 2 aliphatic heterocycles. The molecule has 1 atom stereocenters. The van der Waals surface area contributed by atoms with Crippen LogP contribution in [0.1, 0.15) is 11.1 Å². The number of carbonyl (C=O) groups excluding carboxylic acids is 1. The van der Waals surface area contributed by atoms with Crippen LogP contribution in [0.3, 0.4) is 0 Å². The van der Waals surface area contributed by atoms with E-state index in [1.165, 1.54) is 0 Å². The lowest BCUT2D eigenvalue weighted by Gasteiger charge is -2.41. The van der Waals surface area contributed by atoms with Crippen molar-refractivity contribution in [1.82, 2.24) is 30.2 Å². The molecule has 1 saturated heterocycles. The zero-order chi connectivity index (χ0) is 26.8. The highest BCUT2D eigenvalue weighted by atomic mass is 35.5. The molecule has 1 fully saturated rings. The minimum atomic E-state index is -0.441. The number of ether oxygens (including phenoxy) is 2. The van der Waals surface area contributed by atoms with Crippen molar-refractivity contribution in [3.05, 3.63) is 82.2 Å². The maximum Gasteiger partial charge on any atom is 0.239 e. The average molecular weight is 566 g/mol. The number of fused-ring (bicyclic) bond motifs is 1. The number of halogens is 2. The number of nitrogens with one attached hydrogen (secondary N) is 2. The Morgan fingerprint density at radius 2 is 1.87 bits per heavy atom. The van der Waals surface area contributed by atoms with E-state index >= 15 is 0 Å². The van der Waals surface area contributed by atoms with Crippen LogP contribution in [0.25, 0.3) is 11.6 Å². The normalized spacial score (nSPS) is 16.9. The number of benzene rings is 2. The van der Waals surface area contributed by atoms with Gasteiger partial charge in [-0.1, -0.05) is 35.3 Å². The first kappa shape index (κ1) is 25.4. The molecule has 4 aromatic rings. The summed E-state index contributed by atoms with van der Waals surface area (Å²) in [6, 6.07) is 12.6. The topological polar surface area (TPSA) is 108 Å². The molecule has 0 aliphatic carbocycles. The number of aromatic nitrogens is 4. The van der Waals surface area contributed by atoms with Gasteiger partial charge in [0.05, 0.1) is 10.0 Å². The number of piperazine rings is 1. The highest BCUT2D eigenvalue weighted by Gasteiger charge is 2.33. The van der Waals surface area contributed by atoms with Crippen LogP contribution >= 0.6 is 23.2 Å². The quantitative estimate of drug-likeness (QED) is 0.347. The first-order chi connectivity index (χ1) is 19.0. The third-order valence-electron chi connectivity index (χ3n) is 6.74. The minimum absolute atomic E-state index is 0.0854. The average Bonchev–Trinajstić information content (AvgIpc) is 3.66. The number of hydrogen-bond acceptors (Lipinski definition) is 8. The van der Waals surface area contributed by atoms with E-state index in [4.69, 9.17) is 37.7 Å². The molecule has 1 amide bonds. The summed E-state index contributed by atoms with van der Waals surface area (Å²) in [5, 5.41) is 4.09. The first-order valence-corrected chi connectivity index (χ1v) is 13.2. The SMILES string of the molecule is O=C(NCc1ccc2c(c1)OCO2)C1CN(c2ccnc(-c3ncc[nH]3)n2)CCN1Cc1ccc(Cl)c(Cl)c1. The fourth-order valence-electron chi connectivity index (χ4n) is 4.72. The van der Waals surface area contributed by atoms with Crippen LogP contribution in [-0.4, -0.2) is 63.2 Å². The van der Waals surface area contributed by atoms with Crippen LogP contribution in [0.15, 0.2) is 61.1 Å². The second-order valence-corrected chi connectivity index (χ2v) is 10.1. The van der Waals surface area contributed by atoms with Crippen LogP contribution in [0.5, 0.6) is 11.5 Å². The van der Waals surface area contributed by atoms with Crippen LogP contribution in [0, 0.1) is 0 Å². The Bertz CT molecular complexity index is 1480. The van der Waals surface area contributed by atoms with Crippen molar-refractivity contribution in [3.8, 4) is 23.1 Å². The molecule has 10 nitrogen and oxygen atoms in total. The molecule has 6 rings (SSSR count). The number of imidazole rings is 1. The van der Waals surface area contributed by atoms with Gasteiger partial charge in [0.1, 0.15) is 11.9 Å². The lowest BCUT2D eigenvalue weighted by atomic mass is 10.1.